The molecule has 0 radical (unpaired) electrons. The molecule has 0 aromatic heterocycles. The molecule has 0 spiro atoms. The predicted molar refractivity (Wildman–Crippen MR) is 216 cm³/mol. The second kappa shape index (κ2) is 13.3. The molecule has 5 aromatic rings. The molecule has 0 atom stereocenters. The van der Waals surface area contributed by atoms with Gasteiger partial charge < -0.3 is 10.2 Å². The summed E-state index contributed by atoms with van der Waals surface area (Å²) in [6.07, 6.45) is 0. The Kier molecular flexibility index (Phi) is 9.87. The molecule has 0 amide bonds. The molecule has 0 saturated carbocycles. The molecule has 5 aromatic carbocycles. The minimum absolute atomic E-state index is 0.258. The van der Waals surface area contributed by atoms with E-state index in [1.807, 2.05) is 24.3 Å². The molecule has 0 heterocycles. The Hall–Kier alpha value is -3.71. The van der Waals surface area contributed by atoms with E-state index in [-0.39, 0.29) is 11.5 Å². The number of fused-ring (bicyclic) bond motifs is 4. The third-order valence-electron chi connectivity index (χ3n) is 11.5. The van der Waals surface area contributed by atoms with Crippen molar-refractivity contribution in [3.8, 4) is 34.4 Å². The van der Waals surface area contributed by atoms with Crippen LogP contribution in [-0.4, -0.2) is 26.4 Å². The van der Waals surface area contributed by atoms with Crippen molar-refractivity contribution in [2.24, 2.45) is 0 Å². The van der Waals surface area contributed by atoms with Gasteiger partial charge in [-0.15, -0.1) is 11.1 Å². The quantitative estimate of drug-likeness (QED) is 0.107. The number of benzene rings is 5. The highest BCUT2D eigenvalue weighted by Gasteiger charge is 2.43. The SMILES string of the molecule is CC(C)[Si](C#Cc1c2cc3ccc(O)cc3cc2c(C#C[Si](C(C)C)(C(C)C)C(C)C)c2cc3ccc(O)cc3cc12)(C(C)C)C(C)C. The molecule has 0 saturated heterocycles. The van der Waals surface area contributed by atoms with Gasteiger partial charge in [0.1, 0.15) is 27.6 Å². The average Bonchev–Trinajstić information content (AvgIpc) is 2.99. The fourth-order valence-corrected chi connectivity index (χ4v) is 19.6. The van der Waals surface area contributed by atoms with Gasteiger partial charge in [-0.3, -0.25) is 0 Å². The summed E-state index contributed by atoms with van der Waals surface area (Å²) in [4.78, 5) is 0. The van der Waals surface area contributed by atoms with Crippen LogP contribution < -0.4 is 0 Å². The molecule has 2 nitrogen and oxygen atoms in total. The fourth-order valence-electron chi connectivity index (χ4n) is 9.16. The summed E-state index contributed by atoms with van der Waals surface area (Å²) in [6, 6.07) is 20.2. The minimum Gasteiger partial charge on any atom is -0.508 e. The molecule has 0 aliphatic carbocycles. The zero-order valence-corrected chi connectivity index (χ0v) is 33.1. The molecular weight excluding hydrogens is 617 g/mol. The zero-order valence-electron chi connectivity index (χ0n) is 31.1. The summed E-state index contributed by atoms with van der Waals surface area (Å²) in [5.74, 6) is 8.29. The highest BCUT2D eigenvalue weighted by Crippen LogP contribution is 2.44. The van der Waals surface area contributed by atoms with Gasteiger partial charge in [0, 0.05) is 11.1 Å². The van der Waals surface area contributed by atoms with Crippen LogP contribution in [0.5, 0.6) is 11.5 Å². The average molecular weight is 671 g/mol. The summed E-state index contributed by atoms with van der Waals surface area (Å²) < 4.78 is 0. The summed E-state index contributed by atoms with van der Waals surface area (Å²) >= 11 is 0. The minimum atomic E-state index is -2.06. The Morgan fingerprint density at radius 2 is 0.667 bits per heavy atom. The molecule has 0 bridgehead atoms. The maximum Gasteiger partial charge on any atom is 0.146 e. The molecular formula is C44H54O2Si2. The van der Waals surface area contributed by atoms with Crippen LogP contribution in [0.3, 0.4) is 0 Å². The predicted octanol–water partition coefficient (Wildman–Crippen LogP) is 12.8. The van der Waals surface area contributed by atoms with E-state index in [2.05, 4.69) is 130 Å². The topological polar surface area (TPSA) is 40.5 Å². The molecule has 0 aliphatic rings. The largest absolute Gasteiger partial charge is 0.508 e. The Bertz CT molecular complexity index is 1950. The van der Waals surface area contributed by atoms with Crippen molar-refractivity contribution in [3.05, 3.63) is 71.8 Å². The molecule has 0 aliphatic heterocycles. The van der Waals surface area contributed by atoms with Gasteiger partial charge in [-0.05, 0) is 125 Å². The zero-order chi connectivity index (χ0) is 35.3. The first kappa shape index (κ1) is 35.6. The number of phenols is 2. The Balaban J connectivity index is 2.05. The Labute approximate surface area is 291 Å². The molecule has 0 unspecified atom stereocenters. The molecule has 2 N–H and O–H groups in total. The standard InChI is InChI=1S/C44H54O2Si2/c1-27(2)47(28(3)4,29(5)6)19-17-39-41-23-33-13-15-38(46)22-36(33)26-44(41)40(18-20-48(30(7)8,31(9)10)32(11)12)42-24-34-14-16-37(45)21-35(34)25-43(39)42/h13-16,21-32,45-46H,1-12H3. The molecule has 48 heavy (non-hydrogen) atoms. The monoisotopic (exact) mass is 670 g/mol. The van der Waals surface area contributed by atoms with E-state index in [0.29, 0.717) is 33.2 Å². The van der Waals surface area contributed by atoms with E-state index >= 15 is 0 Å². The smallest absolute Gasteiger partial charge is 0.146 e. The second-order valence-electron chi connectivity index (χ2n) is 15.9. The third-order valence-corrected chi connectivity index (χ3v) is 24.1. The molecule has 4 heteroatoms. The van der Waals surface area contributed by atoms with Gasteiger partial charge in [0.25, 0.3) is 0 Å². The van der Waals surface area contributed by atoms with Crippen LogP contribution in [0.25, 0.3) is 43.1 Å². The van der Waals surface area contributed by atoms with Gasteiger partial charge in [-0.1, -0.05) is 107 Å². The first-order chi connectivity index (χ1) is 22.5. The van der Waals surface area contributed by atoms with Crippen LogP contribution in [0.15, 0.2) is 60.7 Å². The van der Waals surface area contributed by atoms with Gasteiger partial charge in [-0.25, -0.2) is 0 Å². The van der Waals surface area contributed by atoms with E-state index in [0.717, 1.165) is 54.2 Å². The van der Waals surface area contributed by atoms with Crippen molar-refractivity contribution in [1.82, 2.24) is 0 Å². The van der Waals surface area contributed by atoms with Crippen LogP contribution in [0.1, 0.15) is 94.2 Å². The first-order valence-corrected chi connectivity index (χ1v) is 22.4. The van der Waals surface area contributed by atoms with Gasteiger partial charge >= 0.3 is 0 Å². The number of rotatable bonds is 6. The normalized spacial score (nSPS) is 12.7. The van der Waals surface area contributed by atoms with E-state index < -0.39 is 16.1 Å². The van der Waals surface area contributed by atoms with Crippen LogP contribution in [0.2, 0.25) is 33.2 Å². The van der Waals surface area contributed by atoms with Crippen LogP contribution >= 0.6 is 0 Å². The van der Waals surface area contributed by atoms with E-state index in [9.17, 15) is 10.2 Å². The van der Waals surface area contributed by atoms with Crippen LogP contribution in [0.4, 0.5) is 0 Å². The van der Waals surface area contributed by atoms with Crippen molar-refractivity contribution < 1.29 is 10.2 Å². The highest BCUT2D eigenvalue weighted by atomic mass is 28.3. The lowest BCUT2D eigenvalue weighted by atomic mass is 9.89. The Morgan fingerprint density at radius 1 is 0.396 bits per heavy atom. The maximum absolute atomic E-state index is 10.5. The van der Waals surface area contributed by atoms with E-state index in [4.69, 9.17) is 0 Å². The lowest BCUT2D eigenvalue weighted by Gasteiger charge is -2.38. The molecule has 0 fully saturated rings. The van der Waals surface area contributed by atoms with Gasteiger partial charge in [0.15, 0.2) is 0 Å². The van der Waals surface area contributed by atoms with E-state index in [1.165, 1.54) is 0 Å². The summed E-state index contributed by atoms with van der Waals surface area (Å²) in [6.45, 7) is 28.3. The first-order valence-electron chi connectivity index (χ1n) is 17.9. The Morgan fingerprint density at radius 3 is 0.938 bits per heavy atom. The van der Waals surface area contributed by atoms with Gasteiger partial charge in [0.2, 0.25) is 0 Å². The number of hydrogen-bond donors (Lipinski definition) is 2. The van der Waals surface area contributed by atoms with Crippen molar-refractivity contribution >= 4 is 59.2 Å². The highest BCUT2D eigenvalue weighted by molar-refractivity contribution is 6.91. The number of phenolic OH excluding ortho intramolecular Hbond substituents is 2. The van der Waals surface area contributed by atoms with Crippen LogP contribution in [-0.2, 0) is 0 Å². The lowest BCUT2D eigenvalue weighted by Crippen LogP contribution is -2.43. The van der Waals surface area contributed by atoms with E-state index in [1.54, 1.807) is 12.1 Å². The summed E-state index contributed by atoms with van der Waals surface area (Å²) in [5.41, 5.74) is 13.2. The van der Waals surface area contributed by atoms with Gasteiger partial charge in [0.05, 0.1) is 0 Å². The van der Waals surface area contributed by atoms with Crippen molar-refractivity contribution in [2.75, 3.05) is 0 Å². The maximum atomic E-state index is 10.5. The van der Waals surface area contributed by atoms with Gasteiger partial charge in [-0.2, -0.15) is 0 Å². The lowest BCUT2D eigenvalue weighted by molar-refractivity contribution is 0.475. The van der Waals surface area contributed by atoms with Crippen molar-refractivity contribution in [3.63, 3.8) is 0 Å². The number of hydrogen-bond acceptors (Lipinski definition) is 2. The third kappa shape index (κ3) is 5.93. The number of aromatic hydroxyl groups is 2. The fraction of sp³-hybridized carbons (Fsp3) is 0.409. The van der Waals surface area contributed by atoms with Crippen LogP contribution in [0, 0.1) is 22.9 Å². The summed E-state index contributed by atoms with van der Waals surface area (Å²) in [5, 5.41) is 29.5. The van der Waals surface area contributed by atoms with Crippen molar-refractivity contribution in [2.45, 2.75) is 116 Å². The summed E-state index contributed by atoms with van der Waals surface area (Å²) in [7, 11) is -4.11. The molecule has 250 valence electrons. The molecule has 5 rings (SSSR count). The second-order valence-corrected chi connectivity index (χ2v) is 27.1. The van der Waals surface area contributed by atoms with Crippen molar-refractivity contribution in [1.29, 1.82) is 0 Å².